The Morgan fingerprint density at radius 2 is 1.79 bits per heavy atom. The van der Waals surface area contributed by atoms with Gasteiger partial charge < -0.3 is 5.11 Å². The molecule has 5 unspecified atom stereocenters. The predicted octanol–water partition coefficient (Wildman–Crippen LogP) is 6.44. The average molecular weight is 464 g/mol. The summed E-state index contributed by atoms with van der Waals surface area (Å²) in [5.41, 5.74) is 5.87. The third-order valence-electron chi connectivity index (χ3n) is 9.51. The van der Waals surface area contributed by atoms with Crippen LogP contribution in [0.25, 0.3) is 0 Å². The minimum absolute atomic E-state index is 0.00627. The first-order chi connectivity index (χ1) is 16.0. The van der Waals surface area contributed by atoms with Gasteiger partial charge in [0.2, 0.25) is 0 Å². The van der Waals surface area contributed by atoms with Gasteiger partial charge in [-0.1, -0.05) is 31.1 Å². The fraction of sp³-hybridized carbons (Fsp3) is 0.621. The van der Waals surface area contributed by atoms with Crippen LogP contribution in [0, 0.1) is 17.3 Å². The standard InChI is InChI=1S/C29H37NO2S/c1-29-18-25(19-5-9-22(10-6-19)33-30-15-3-2-4-16-30)28-23-12-8-21(31)17-20(23)7-11-24(28)26(29)13-14-27(29)32/h5-6,9-10,17,24-27,32H,2-4,7-8,11-16,18H2,1H3. The number of fused-ring (bicyclic) bond motifs is 4. The van der Waals surface area contributed by atoms with Gasteiger partial charge in [-0.3, -0.25) is 4.79 Å². The topological polar surface area (TPSA) is 40.5 Å². The third kappa shape index (κ3) is 3.86. The molecule has 33 heavy (non-hydrogen) atoms. The lowest BCUT2D eigenvalue weighted by Gasteiger charge is -2.52. The maximum atomic E-state index is 12.2. The van der Waals surface area contributed by atoms with Crippen LogP contribution in [0.2, 0.25) is 0 Å². The van der Waals surface area contributed by atoms with E-state index in [0.29, 0.717) is 30.0 Å². The van der Waals surface area contributed by atoms with E-state index in [-0.39, 0.29) is 11.5 Å². The molecule has 4 aliphatic carbocycles. The van der Waals surface area contributed by atoms with Crippen LogP contribution in [0.3, 0.4) is 0 Å². The molecule has 2 saturated carbocycles. The van der Waals surface area contributed by atoms with E-state index in [0.717, 1.165) is 38.5 Å². The van der Waals surface area contributed by atoms with Crippen molar-refractivity contribution >= 4 is 17.7 Å². The fourth-order valence-corrected chi connectivity index (χ4v) is 8.79. The van der Waals surface area contributed by atoms with Crippen molar-refractivity contribution in [3.63, 3.8) is 0 Å². The molecule has 0 aromatic heterocycles. The van der Waals surface area contributed by atoms with E-state index >= 15 is 0 Å². The van der Waals surface area contributed by atoms with E-state index in [2.05, 4.69) is 35.5 Å². The smallest absolute Gasteiger partial charge is 0.156 e. The molecule has 0 spiro atoms. The van der Waals surface area contributed by atoms with Crippen LogP contribution in [0.1, 0.15) is 82.6 Å². The number of nitrogens with zero attached hydrogens (tertiary/aromatic N) is 1. The molecule has 3 nitrogen and oxygen atoms in total. The molecule has 5 atom stereocenters. The Bertz CT molecular complexity index is 989. The molecule has 0 radical (unpaired) electrons. The number of piperidine rings is 1. The molecular weight excluding hydrogens is 426 g/mol. The monoisotopic (exact) mass is 463 g/mol. The Balaban J connectivity index is 1.36. The van der Waals surface area contributed by atoms with Gasteiger partial charge in [0.05, 0.1) is 6.10 Å². The first kappa shape index (κ1) is 22.1. The summed E-state index contributed by atoms with van der Waals surface area (Å²) in [6, 6.07) is 9.35. The highest BCUT2D eigenvalue weighted by atomic mass is 32.2. The van der Waals surface area contributed by atoms with Gasteiger partial charge in [-0.25, -0.2) is 4.31 Å². The second-order valence-corrected chi connectivity index (χ2v) is 12.5. The maximum Gasteiger partial charge on any atom is 0.156 e. The number of carbonyl (C=O) groups excluding carboxylic acids is 1. The molecular formula is C29H37NO2S. The Morgan fingerprint density at radius 1 is 1.00 bits per heavy atom. The maximum absolute atomic E-state index is 12.2. The van der Waals surface area contributed by atoms with Gasteiger partial charge in [0.25, 0.3) is 0 Å². The summed E-state index contributed by atoms with van der Waals surface area (Å²) in [4.78, 5) is 13.5. The molecule has 1 N–H and O–H groups in total. The molecule has 1 saturated heterocycles. The van der Waals surface area contributed by atoms with Crippen LogP contribution in [-0.4, -0.2) is 34.4 Å². The van der Waals surface area contributed by atoms with E-state index in [1.807, 2.05) is 18.0 Å². The first-order valence-electron chi connectivity index (χ1n) is 13.2. The summed E-state index contributed by atoms with van der Waals surface area (Å²) in [7, 11) is 0. The molecule has 1 aliphatic heterocycles. The number of hydrogen-bond donors (Lipinski definition) is 1. The minimum atomic E-state index is -0.185. The predicted molar refractivity (Wildman–Crippen MR) is 134 cm³/mol. The Labute approximate surface area is 202 Å². The van der Waals surface area contributed by atoms with Crippen LogP contribution in [0.5, 0.6) is 0 Å². The Hall–Kier alpha value is -1.36. The summed E-state index contributed by atoms with van der Waals surface area (Å²) in [6.07, 6.45) is 12.6. The summed E-state index contributed by atoms with van der Waals surface area (Å²) >= 11 is 1.91. The van der Waals surface area contributed by atoms with Crippen LogP contribution in [-0.2, 0) is 4.79 Å². The zero-order chi connectivity index (χ0) is 22.6. The average Bonchev–Trinajstić information content (AvgIpc) is 3.13. The highest BCUT2D eigenvalue weighted by molar-refractivity contribution is 7.97. The van der Waals surface area contributed by atoms with Crippen LogP contribution < -0.4 is 0 Å². The first-order valence-corrected chi connectivity index (χ1v) is 14.0. The van der Waals surface area contributed by atoms with Gasteiger partial charge in [0.15, 0.2) is 5.78 Å². The van der Waals surface area contributed by atoms with Gasteiger partial charge in [0, 0.05) is 30.3 Å². The van der Waals surface area contributed by atoms with Crippen molar-refractivity contribution in [1.29, 1.82) is 0 Å². The number of benzene rings is 1. The van der Waals surface area contributed by atoms with E-state index in [9.17, 15) is 9.90 Å². The number of aliphatic hydroxyl groups is 1. The summed E-state index contributed by atoms with van der Waals surface area (Å²) in [5, 5.41) is 11.1. The Morgan fingerprint density at radius 3 is 2.58 bits per heavy atom. The molecule has 0 amide bonds. The lowest BCUT2D eigenvalue weighted by atomic mass is 9.53. The molecule has 4 heteroatoms. The van der Waals surface area contributed by atoms with Gasteiger partial charge in [0.1, 0.15) is 0 Å². The fourth-order valence-electron chi connectivity index (χ4n) is 7.80. The second-order valence-electron chi connectivity index (χ2n) is 11.3. The zero-order valence-electron chi connectivity index (χ0n) is 19.9. The van der Waals surface area contributed by atoms with Crippen LogP contribution in [0.15, 0.2) is 52.0 Å². The third-order valence-corrected chi connectivity index (χ3v) is 10.6. The molecule has 5 aliphatic rings. The van der Waals surface area contributed by atoms with Crippen molar-refractivity contribution in [3.8, 4) is 0 Å². The molecule has 0 bridgehead atoms. The highest BCUT2D eigenvalue weighted by Crippen LogP contribution is 2.63. The van der Waals surface area contributed by atoms with E-state index in [4.69, 9.17) is 0 Å². The van der Waals surface area contributed by atoms with E-state index < -0.39 is 0 Å². The van der Waals surface area contributed by atoms with E-state index in [1.165, 1.54) is 54.0 Å². The molecule has 1 heterocycles. The normalized spacial score (nSPS) is 36.8. The van der Waals surface area contributed by atoms with Crippen molar-refractivity contribution in [2.24, 2.45) is 17.3 Å². The molecule has 176 valence electrons. The number of allylic oxidation sites excluding steroid dienone is 4. The second kappa shape index (κ2) is 8.70. The van der Waals surface area contributed by atoms with Crippen LogP contribution >= 0.6 is 11.9 Å². The number of rotatable bonds is 3. The summed E-state index contributed by atoms with van der Waals surface area (Å²) in [5.74, 6) is 1.82. The lowest BCUT2D eigenvalue weighted by molar-refractivity contribution is -0.114. The lowest BCUT2D eigenvalue weighted by Crippen LogP contribution is -2.45. The number of carbonyl (C=O) groups is 1. The van der Waals surface area contributed by atoms with Gasteiger partial charge in [-0.05, 0) is 115 Å². The van der Waals surface area contributed by atoms with Gasteiger partial charge in [-0.2, -0.15) is 0 Å². The number of ketones is 1. The van der Waals surface area contributed by atoms with Crippen molar-refractivity contribution in [3.05, 3.63) is 52.6 Å². The number of hydrogen-bond acceptors (Lipinski definition) is 4. The highest BCUT2D eigenvalue weighted by Gasteiger charge is 2.56. The molecule has 1 aromatic carbocycles. The van der Waals surface area contributed by atoms with Gasteiger partial charge >= 0.3 is 0 Å². The van der Waals surface area contributed by atoms with Crippen LogP contribution in [0.4, 0.5) is 0 Å². The molecule has 3 fully saturated rings. The van der Waals surface area contributed by atoms with E-state index in [1.54, 1.807) is 5.57 Å². The van der Waals surface area contributed by atoms with Crippen molar-refractivity contribution in [1.82, 2.24) is 4.31 Å². The van der Waals surface area contributed by atoms with Crippen molar-refractivity contribution in [2.45, 2.75) is 88.0 Å². The van der Waals surface area contributed by atoms with Gasteiger partial charge in [-0.15, -0.1) is 0 Å². The largest absolute Gasteiger partial charge is 0.393 e. The number of aliphatic hydroxyl groups excluding tert-OH is 1. The van der Waals surface area contributed by atoms with Crippen molar-refractivity contribution < 1.29 is 9.90 Å². The Kier molecular flexibility index (Phi) is 5.83. The molecule has 1 aromatic rings. The zero-order valence-corrected chi connectivity index (χ0v) is 20.7. The summed E-state index contributed by atoms with van der Waals surface area (Å²) < 4.78 is 2.51. The van der Waals surface area contributed by atoms with Crippen molar-refractivity contribution in [2.75, 3.05) is 13.1 Å². The summed E-state index contributed by atoms with van der Waals surface area (Å²) in [6.45, 7) is 4.75. The SMILES string of the molecule is CC12CC(c3ccc(SN4CCCCC4)cc3)C3=C4CCC(=O)C=C4CCC3C1CCC2O. The quantitative estimate of drug-likeness (QED) is 0.524. The minimum Gasteiger partial charge on any atom is -0.393 e. The molecule has 6 rings (SSSR count).